The summed E-state index contributed by atoms with van der Waals surface area (Å²) >= 11 is 0. The molecule has 0 fully saturated rings. The highest BCUT2D eigenvalue weighted by Crippen LogP contribution is 2.18. The molecule has 0 aliphatic heterocycles. The molecule has 2 amide bonds. The number of rotatable bonds is 4. The van der Waals surface area contributed by atoms with E-state index in [9.17, 15) is 9.90 Å². The molecule has 0 spiro atoms. The molecule has 0 aliphatic rings. The van der Waals surface area contributed by atoms with E-state index in [2.05, 4.69) is 31.4 Å². The average molecular weight is 264 g/mol. The van der Waals surface area contributed by atoms with Gasteiger partial charge in [0, 0.05) is 12.6 Å². The minimum absolute atomic E-state index is 0.0160. The number of benzene rings is 1. The zero-order chi connectivity index (χ0) is 14.5. The van der Waals surface area contributed by atoms with E-state index >= 15 is 0 Å². The molecule has 1 unspecified atom stereocenters. The summed E-state index contributed by atoms with van der Waals surface area (Å²) in [4.78, 5) is 11.8. The first kappa shape index (κ1) is 15.5. The molecule has 0 saturated carbocycles. The molecular weight excluding hydrogens is 240 g/mol. The van der Waals surface area contributed by atoms with E-state index in [1.165, 1.54) is 0 Å². The van der Waals surface area contributed by atoms with Crippen molar-refractivity contribution < 1.29 is 9.90 Å². The fourth-order valence-electron chi connectivity index (χ4n) is 1.52. The lowest BCUT2D eigenvalue weighted by molar-refractivity contribution is 0.222. The number of hydrogen-bond donors (Lipinski definition) is 3. The van der Waals surface area contributed by atoms with Gasteiger partial charge in [-0.05, 0) is 23.5 Å². The van der Waals surface area contributed by atoms with Crippen molar-refractivity contribution in [2.75, 3.05) is 0 Å². The number of aliphatic hydroxyl groups excluding tert-OH is 1. The van der Waals surface area contributed by atoms with Gasteiger partial charge in [0.05, 0.1) is 6.61 Å². The van der Waals surface area contributed by atoms with Crippen LogP contribution >= 0.6 is 0 Å². The third-order valence-electron chi connectivity index (χ3n) is 3.37. The lowest BCUT2D eigenvalue weighted by Gasteiger charge is -2.28. The Balaban J connectivity index is 2.51. The zero-order valence-electron chi connectivity index (χ0n) is 12.2. The maximum Gasteiger partial charge on any atom is 0.315 e. The number of amides is 2. The molecule has 0 aromatic heterocycles. The van der Waals surface area contributed by atoms with Crippen LogP contribution < -0.4 is 10.6 Å². The Bertz CT molecular complexity index is 424. The summed E-state index contributed by atoms with van der Waals surface area (Å²) < 4.78 is 0. The van der Waals surface area contributed by atoms with Gasteiger partial charge in [-0.2, -0.15) is 0 Å². The summed E-state index contributed by atoms with van der Waals surface area (Å²) in [7, 11) is 0. The van der Waals surface area contributed by atoms with Crippen LogP contribution in [0.3, 0.4) is 0 Å². The Morgan fingerprint density at radius 3 is 2.37 bits per heavy atom. The molecule has 106 valence electrons. The van der Waals surface area contributed by atoms with Crippen molar-refractivity contribution in [2.24, 2.45) is 5.41 Å². The molecule has 0 aliphatic carbocycles. The molecule has 0 bridgehead atoms. The van der Waals surface area contributed by atoms with Gasteiger partial charge in [-0.15, -0.1) is 0 Å². The first-order valence-electron chi connectivity index (χ1n) is 6.56. The number of hydrogen-bond acceptors (Lipinski definition) is 2. The second kappa shape index (κ2) is 6.57. The summed E-state index contributed by atoms with van der Waals surface area (Å²) in [5.74, 6) is 0. The summed E-state index contributed by atoms with van der Waals surface area (Å²) in [6.07, 6.45) is 0. The Morgan fingerprint density at radius 2 is 1.84 bits per heavy atom. The molecule has 0 radical (unpaired) electrons. The number of nitrogens with one attached hydrogen (secondary N) is 2. The van der Waals surface area contributed by atoms with Gasteiger partial charge in [0.15, 0.2) is 0 Å². The Labute approximate surface area is 115 Å². The van der Waals surface area contributed by atoms with Gasteiger partial charge in [0.1, 0.15) is 0 Å². The first-order valence-corrected chi connectivity index (χ1v) is 6.56. The molecule has 1 atom stereocenters. The van der Waals surface area contributed by atoms with Crippen LogP contribution in [-0.2, 0) is 13.2 Å². The minimum atomic E-state index is -0.185. The fourth-order valence-corrected chi connectivity index (χ4v) is 1.52. The van der Waals surface area contributed by atoms with Crippen molar-refractivity contribution in [2.45, 2.75) is 46.9 Å². The molecule has 4 nitrogen and oxygen atoms in total. The van der Waals surface area contributed by atoms with Crippen LogP contribution in [0.25, 0.3) is 0 Å². The van der Waals surface area contributed by atoms with E-state index in [0.29, 0.717) is 6.54 Å². The van der Waals surface area contributed by atoms with E-state index in [0.717, 1.165) is 11.1 Å². The highest BCUT2D eigenvalue weighted by Gasteiger charge is 2.21. The molecule has 0 saturated heterocycles. The van der Waals surface area contributed by atoms with Crippen molar-refractivity contribution in [1.82, 2.24) is 10.6 Å². The highest BCUT2D eigenvalue weighted by atomic mass is 16.3. The van der Waals surface area contributed by atoms with E-state index in [1.54, 1.807) is 0 Å². The van der Waals surface area contributed by atoms with Crippen LogP contribution in [0.15, 0.2) is 24.3 Å². The smallest absolute Gasteiger partial charge is 0.315 e. The molecule has 3 N–H and O–H groups in total. The number of carbonyl (C=O) groups excluding carboxylic acids is 1. The first-order chi connectivity index (χ1) is 8.84. The van der Waals surface area contributed by atoms with E-state index in [-0.39, 0.29) is 24.1 Å². The monoisotopic (exact) mass is 264 g/mol. The highest BCUT2D eigenvalue weighted by molar-refractivity contribution is 5.74. The Kier molecular flexibility index (Phi) is 5.36. The van der Waals surface area contributed by atoms with Gasteiger partial charge < -0.3 is 15.7 Å². The van der Waals surface area contributed by atoms with Crippen molar-refractivity contribution in [3.05, 3.63) is 35.4 Å². The van der Waals surface area contributed by atoms with Crippen molar-refractivity contribution in [3.8, 4) is 0 Å². The van der Waals surface area contributed by atoms with Gasteiger partial charge in [0.2, 0.25) is 0 Å². The van der Waals surface area contributed by atoms with Gasteiger partial charge in [0.25, 0.3) is 0 Å². The van der Waals surface area contributed by atoms with Crippen LogP contribution in [0.4, 0.5) is 4.79 Å². The largest absolute Gasteiger partial charge is 0.392 e. The average Bonchev–Trinajstić information content (AvgIpc) is 2.35. The molecule has 0 heterocycles. The maximum atomic E-state index is 11.8. The number of aliphatic hydroxyl groups is 1. The van der Waals surface area contributed by atoms with Crippen LogP contribution in [0.5, 0.6) is 0 Å². The van der Waals surface area contributed by atoms with Crippen LogP contribution in [0.1, 0.15) is 38.8 Å². The van der Waals surface area contributed by atoms with Crippen LogP contribution in [-0.4, -0.2) is 17.2 Å². The lowest BCUT2D eigenvalue weighted by Crippen LogP contribution is -2.46. The van der Waals surface area contributed by atoms with Crippen LogP contribution in [0.2, 0.25) is 0 Å². The normalized spacial score (nSPS) is 12.9. The van der Waals surface area contributed by atoms with E-state index in [4.69, 9.17) is 0 Å². The van der Waals surface area contributed by atoms with Gasteiger partial charge >= 0.3 is 6.03 Å². The summed E-state index contributed by atoms with van der Waals surface area (Å²) in [6.45, 7) is 8.63. The number of urea groups is 1. The molecule has 1 aromatic carbocycles. The molecule has 19 heavy (non-hydrogen) atoms. The van der Waals surface area contributed by atoms with Crippen molar-refractivity contribution >= 4 is 6.03 Å². The summed E-state index contributed by atoms with van der Waals surface area (Å²) in [5.41, 5.74) is 1.80. The minimum Gasteiger partial charge on any atom is -0.392 e. The topological polar surface area (TPSA) is 61.4 Å². The molecule has 1 aromatic rings. The van der Waals surface area contributed by atoms with Gasteiger partial charge in [-0.3, -0.25) is 0 Å². The Morgan fingerprint density at radius 1 is 1.26 bits per heavy atom. The predicted molar refractivity (Wildman–Crippen MR) is 76.7 cm³/mol. The van der Waals surface area contributed by atoms with E-state index < -0.39 is 0 Å². The quantitative estimate of drug-likeness (QED) is 0.782. The second-order valence-corrected chi connectivity index (χ2v) is 5.84. The summed E-state index contributed by atoms with van der Waals surface area (Å²) in [5, 5.41) is 14.9. The second-order valence-electron chi connectivity index (χ2n) is 5.84. The Hall–Kier alpha value is -1.55. The molecule has 4 heteroatoms. The maximum absolute atomic E-state index is 11.8. The van der Waals surface area contributed by atoms with Crippen molar-refractivity contribution in [3.63, 3.8) is 0 Å². The fraction of sp³-hybridized carbons (Fsp3) is 0.533. The zero-order valence-corrected chi connectivity index (χ0v) is 12.2. The van der Waals surface area contributed by atoms with Gasteiger partial charge in [-0.1, -0.05) is 45.0 Å². The van der Waals surface area contributed by atoms with Crippen molar-refractivity contribution in [1.29, 1.82) is 0 Å². The standard InChI is InChI=1S/C15H24N2O2/c1-11(15(2,3)4)17-14(19)16-9-12-7-5-6-8-13(12)10-18/h5-8,11,18H,9-10H2,1-4H3,(H2,16,17,19). The summed E-state index contributed by atoms with van der Waals surface area (Å²) in [6, 6.07) is 7.42. The predicted octanol–water partition coefficient (Wildman–Crippen LogP) is 2.41. The molecular formula is C15H24N2O2. The third-order valence-corrected chi connectivity index (χ3v) is 3.37. The third kappa shape index (κ3) is 4.91. The van der Waals surface area contributed by atoms with Gasteiger partial charge in [-0.25, -0.2) is 4.79 Å². The molecule has 1 rings (SSSR count). The SMILES string of the molecule is CC(NC(=O)NCc1ccccc1CO)C(C)(C)C. The number of carbonyl (C=O) groups is 1. The van der Waals surface area contributed by atoms with E-state index in [1.807, 2.05) is 31.2 Å². The van der Waals surface area contributed by atoms with Crippen LogP contribution in [0, 0.1) is 5.41 Å². The lowest BCUT2D eigenvalue weighted by atomic mass is 9.88.